The lowest BCUT2D eigenvalue weighted by molar-refractivity contribution is -0.359. The Kier molecular flexibility index (Phi) is 54.4. The Morgan fingerprint density at radius 3 is 1.18 bits per heavy atom. The predicted molar refractivity (Wildman–Crippen MR) is 360 cm³/mol. The molecule has 0 aromatic carbocycles. The molecule has 2 rings (SSSR count). The van der Waals surface area contributed by atoms with Gasteiger partial charge in [0.1, 0.15) is 48.8 Å². The molecule has 0 radical (unpaired) electrons. The van der Waals surface area contributed by atoms with Crippen LogP contribution in [-0.2, 0) is 23.7 Å². The number of unbranched alkanes of at least 4 members (excludes halogenated alkanes) is 39. The van der Waals surface area contributed by atoms with Gasteiger partial charge in [0, 0.05) is 6.42 Å². The number of aliphatic hydroxyl groups is 8. The fourth-order valence-electron chi connectivity index (χ4n) is 11.8. The van der Waals surface area contributed by atoms with Crippen LogP contribution in [-0.4, -0.2) is 140 Å². The lowest BCUT2D eigenvalue weighted by Crippen LogP contribution is -2.65. The molecule has 0 aromatic rings. The van der Waals surface area contributed by atoms with Crippen molar-refractivity contribution < 1.29 is 64.6 Å². The van der Waals surface area contributed by atoms with Gasteiger partial charge in [0.15, 0.2) is 12.6 Å². The van der Waals surface area contributed by atoms with Gasteiger partial charge in [-0.15, -0.1) is 0 Å². The second-order valence-corrected chi connectivity index (χ2v) is 25.7. The number of aliphatic hydroxyl groups excluding tert-OH is 8. The van der Waals surface area contributed by atoms with Crippen LogP contribution in [0.15, 0.2) is 60.8 Å². The molecular formula is C74H135NO13. The summed E-state index contributed by atoms with van der Waals surface area (Å²) in [5, 5.41) is 87.4. The predicted octanol–water partition coefficient (Wildman–Crippen LogP) is 15.2. The average molecular weight is 1250 g/mol. The maximum absolute atomic E-state index is 13.3. The maximum Gasteiger partial charge on any atom is 0.220 e. The fourth-order valence-corrected chi connectivity index (χ4v) is 11.8. The molecule has 0 spiro atoms. The number of allylic oxidation sites excluding steroid dienone is 9. The summed E-state index contributed by atoms with van der Waals surface area (Å²) in [6, 6.07) is -0.939. The summed E-state index contributed by atoms with van der Waals surface area (Å²) in [6.07, 6.45) is 61.5. The van der Waals surface area contributed by atoms with Crippen LogP contribution < -0.4 is 5.32 Å². The third-order valence-electron chi connectivity index (χ3n) is 17.7. The monoisotopic (exact) mass is 1250 g/mol. The van der Waals surface area contributed by atoms with Crippen LogP contribution in [0.5, 0.6) is 0 Å². The van der Waals surface area contributed by atoms with Crippen LogP contribution in [0.4, 0.5) is 0 Å². The van der Waals surface area contributed by atoms with Gasteiger partial charge in [0.2, 0.25) is 5.91 Å². The smallest absolute Gasteiger partial charge is 0.220 e. The Hall–Kier alpha value is -2.31. The summed E-state index contributed by atoms with van der Waals surface area (Å²) in [5.74, 6) is -0.249. The molecule has 14 nitrogen and oxygen atoms in total. The van der Waals surface area contributed by atoms with Gasteiger partial charge < -0.3 is 65.1 Å². The quantitative estimate of drug-likeness (QED) is 0.0204. The number of amides is 1. The highest BCUT2D eigenvalue weighted by molar-refractivity contribution is 5.76. The highest BCUT2D eigenvalue weighted by Crippen LogP contribution is 2.30. The van der Waals surface area contributed by atoms with Crippen molar-refractivity contribution in [2.45, 2.75) is 383 Å². The summed E-state index contributed by atoms with van der Waals surface area (Å²) in [7, 11) is 0. The fraction of sp³-hybridized carbons (Fsp3) is 0.851. The summed E-state index contributed by atoms with van der Waals surface area (Å²) < 4.78 is 22.8. The summed E-state index contributed by atoms with van der Waals surface area (Å²) in [6.45, 7) is 2.79. The minimum Gasteiger partial charge on any atom is -0.394 e. The zero-order valence-electron chi connectivity index (χ0n) is 56.0. The van der Waals surface area contributed by atoms with Crippen molar-refractivity contribution in [1.29, 1.82) is 0 Å². The van der Waals surface area contributed by atoms with Gasteiger partial charge in [-0.2, -0.15) is 0 Å². The SMILES string of the molecule is CCCCCCC/C=C\C/C=C\CCCCCCCCCCCCCCCCCCCCCCCCCC(=O)NC(COC1OC(CO)C(OC2OC(CO)C(O)C(O)C2O)C(O)C1O)C(O)/C=C/CC/C=C/CC/C=C/CCCCCCCCCCC. The number of carbonyl (C=O) groups excluding carboxylic acids is 1. The molecular weight excluding hydrogens is 1110 g/mol. The zero-order chi connectivity index (χ0) is 63.8. The van der Waals surface area contributed by atoms with Crippen LogP contribution in [0.25, 0.3) is 0 Å². The second kappa shape index (κ2) is 58.5. The maximum atomic E-state index is 13.3. The van der Waals surface area contributed by atoms with E-state index in [2.05, 4.69) is 67.8 Å². The Labute approximate surface area is 536 Å². The van der Waals surface area contributed by atoms with Gasteiger partial charge in [-0.1, -0.05) is 286 Å². The highest BCUT2D eigenvalue weighted by Gasteiger charge is 2.51. The third kappa shape index (κ3) is 42.0. The lowest BCUT2D eigenvalue weighted by Gasteiger charge is -2.46. The van der Waals surface area contributed by atoms with E-state index < -0.39 is 86.8 Å². The molecule has 0 bridgehead atoms. The number of ether oxygens (including phenoxy) is 4. The van der Waals surface area contributed by atoms with Crippen molar-refractivity contribution in [3.63, 3.8) is 0 Å². The first kappa shape index (κ1) is 81.8. The molecule has 0 aromatic heterocycles. The number of rotatable bonds is 60. The van der Waals surface area contributed by atoms with Crippen LogP contribution in [0.1, 0.15) is 309 Å². The zero-order valence-corrected chi connectivity index (χ0v) is 56.0. The van der Waals surface area contributed by atoms with Crippen molar-refractivity contribution >= 4 is 5.91 Å². The van der Waals surface area contributed by atoms with Crippen molar-refractivity contribution in [3.8, 4) is 0 Å². The number of hydrogen-bond acceptors (Lipinski definition) is 13. The van der Waals surface area contributed by atoms with E-state index in [0.29, 0.717) is 12.8 Å². The average Bonchev–Trinajstić information content (AvgIpc) is 1.84. The van der Waals surface area contributed by atoms with Gasteiger partial charge in [0.05, 0.1) is 32.0 Å². The van der Waals surface area contributed by atoms with Crippen molar-refractivity contribution in [2.24, 2.45) is 0 Å². The van der Waals surface area contributed by atoms with Crippen LogP contribution >= 0.6 is 0 Å². The van der Waals surface area contributed by atoms with Gasteiger partial charge in [-0.25, -0.2) is 0 Å². The van der Waals surface area contributed by atoms with Gasteiger partial charge in [-0.05, 0) is 77.0 Å². The van der Waals surface area contributed by atoms with E-state index in [-0.39, 0.29) is 18.9 Å². The molecule has 0 aliphatic carbocycles. The van der Waals surface area contributed by atoms with Crippen molar-refractivity contribution in [1.82, 2.24) is 5.32 Å². The first-order valence-corrected chi connectivity index (χ1v) is 36.5. The number of hydrogen-bond donors (Lipinski definition) is 9. The van der Waals surface area contributed by atoms with Gasteiger partial charge in [0.25, 0.3) is 0 Å². The van der Waals surface area contributed by atoms with E-state index in [1.807, 2.05) is 6.08 Å². The Balaban J connectivity index is 1.63. The van der Waals surface area contributed by atoms with Crippen LogP contribution in [0, 0.1) is 0 Å². The summed E-state index contributed by atoms with van der Waals surface area (Å²) in [5.41, 5.74) is 0. The summed E-state index contributed by atoms with van der Waals surface area (Å²) >= 11 is 0. The molecule has 9 N–H and O–H groups in total. The molecule has 1 amide bonds. The molecule has 12 unspecified atom stereocenters. The molecule has 2 aliphatic rings. The topological polar surface area (TPSA) is 228 Å². The lowest BCUT2D eigenvalue weighted by atomic mass is 9.97. The Bertz CT molecular complexity index is 1710. The van der Waals surface area contributed by atoms with E-state index in [1.54, 1.807) is 6.08 Å². The molecule has 2 heterocycles. The van der Waals surface area contributed by atoms with E-state index >= 15 is 0 Å². The van der Waals surface area contributed by atoms with Crippen LogP contribution in [0.3, 0.4) is 0 Å². The van der Waals surface area contributed by atoms with Crippen molar-refractivity contribution in [3.05, 3.63) is 60.8 Å². The van der Waals surface area contributed by atoms with Crippen LogP contribution in [0.2, 0.25) is 0 Å². The highest BCUT2D eigenvalue weighted by atomic mass is 16.7. The van der Waals surface area contributed by atoms with Gasteiger partial charge in [-0.3, -0.25) is 4.79 Å². The van der Waals surface area contributed by atoms with E-state index in [9.17, 15) is 45.6 Å². The number of carbonyl (C=O) groups is 1. The third-order valence-corrected chi connectivity index (χ3v) is 17.7. The standard InChI is InChI=1S/C74H135NO13/c1-3-5-7-9-11-13-15-17-19-21-23-24-25-26-27-28-29-30-31-32-33-34-35-36-37-38-40-42-44-46-48-50-52-54-56-58-66(79)75-62(63(78)57-55-53-51-49-47-45-43-41-39-22-20-18-16-14-12-10-8-6-4-2)61-85-73-71(84)69(82)72(65(60-77)87-73)88-74-70(83)68(81)67(80)64(59-76)86-74/h15,17,21,23,39,41,47,49,55,57,62-65,67-74,76-78,80-84H,3-14,16,18-20,22,24-38,40,42-46,48,50-54,56,58-61H2,1-2H3,(H,75,79)/b17-15-,23-21-,41-39+,49-47+,57-55+. The van der Waals surface area contributed by atoms with Crippen molar-refractivity contribution in [2.75, 3.05) is 19.8 Å². The molecule has 14 heteroatoms. The molecule has 2 aliphatic heterocycles. The molecule has 2 fully saturated rings. The minimum atomic E-state index is -1.79. The molecule has 0 saturated carbocycles. The van der Waals surface area contributed by atoms with E-state index in [1.165, 1.54) is 225 Å². The molecule has 514 valence electrons. The first-order chi connectivity index (χ1) is 43.1. The Morgan fingerprint density at radius 1 is 0.409 bits per heavy atom. The van der Waals surface area contributed by atoms with E-state index in [0.717, 1.165) is 51.4 Å². The Morgan fingerprint density at radius 2 is 0.761 bits per heavy atom. The van der Waals surface area contributed by atoms with Gasteiger partial charge >= 0.3 is 0 Å². The molecule has 88 heavy (non-hydrogen) atoms. The minimum absolute atomic E-state index is 0.249. The normalized spacial score (nSPS) is 23.5. The first-order valence-electron chi connectivity index (χ1n) is 36.5. The molecule has 2 saturated heterocycles. The largest absolute Gasteiger partial charge is 0.394 e. The molecule has 12 atom stereocenters. The second-order valence-electron chi connectivity index (χ2n) is 25.7. The van der Waals surface area contributed by atoms with E-state index in [4.69, 9.17) is 18.9 Å². The number of nitrogens with one attached hydrogen (secondary N) is 1. The summed E-state index contributed by atoms with van der Waals surface area (Å²) in [4.78, 5) is 13.3.